The predicted octanol–water partition coefficient (Wildman–Crippen LogP) is 2.97. The second kappa shape index (κ2) is 3.84. The van der Waals surface area contributed by atoms with Gasteiger partial charge < -0.3 is 10.0 Å². The molecule has 118 valence electrons. The molecule has 0 aromatic rings. The zero-order valence-corrected chi connectivity index (χ0v) is 13.7. The van der Waals surface area contributed by atoms with Gasteiger partial charge in [-0.2, -0.15) is 0 Å². The van der Waals surface area contributed by atoms with Gasteiger partial charge in [0.2, 0.25) is 5.91 Å². The Bertz CT molecular complexity index is 471. The lowest BCUT2D eigenvalue weighted by molar-refractivity contribution is -0.172. The van der Waals surface area contributed by atoms with Gasteiger partial charge in [0.15, 0.2) is 0 Å². The molecule has 21 heavy (non-hydrogen) atoms. The molecule has 1 amide bonds. The number of carbonyl (C=O) groups is 1. The molecule has 5 rings (SSSR count). The summed E-state index contributed by atoms with van der Waals surface area (Å²) in [5, 5.41) is 9.85. The van der Waals surface area contributed by atoms with Crippen LogP contribution in [0.15, 0.2) is 0 Å². The van der Waals surface area contributed by atoms with Crippen LogP contribution in [0.1, 0.15) is 65.7 Å². The maximum atomic E-state index is 12.6. The van der Waals surface area contributed by atoms with E-state index in [0.717, 1.165) is 12.3 Å². The Labute approximate surface area is 128 Å². The van der Waals surface area contributed by atoms with Crippen LogP contribution in [0.25, 0.3) is 0 Å². The number of rotatable bonds is 2. The molecule has 4 aliphatic carbocycles. The average molecular weight is 291 g/mol. The van der Waals surface area contributed by atoms with Gasteiger partial charge in [0.05, 0.1) is 18.7 Å². The van der Waals surface area contributed by atoms with Gasteiger partial charge in [0, 0.05) is 6.42 Å². The number of hydrogen-bond donors (Lipinski definition) is 1. The van der Waals surface area contributed by atoms with Crippen molar-refractivity contribution in [1.82, 2.24) is 4.90 Å². The Morgan fingerprint density at radius 3 is 2.10 bits per heavy atom. The molecule has 1 N–H and O–H groups in total. The van der Waals surface area contributed by atoms with Gasteiger partial charge in [-0.25, -0.2) is 0 Å². The third kappa shape index (κ3) is 2.23. The van der Waals surface area contributed by atoms with Crippen molar-refractivity contribution < 1.29 is 9.90 Å². The van der Waals surface area contributed by atoms with Crippen molar-refractivity contribution in [3.8, 4) is 0 Å². The monoisotopic (exact) mass is 291 g/mol. The SMILES string of the molecule is CC1(O)CN(C(=O)CC23CC4CC(C)(CC(C)(C4)C2)C3)C1. The van der Waals surface area contributed by atoms with E-state index in [1.807, 2.05) is 11.8 Å². The second-order valence-corrected chi connectivity index (χ2v) is 10.1. The topological polar surface area (TPSA) is 40.5 Å². The molecule has 4 bridgehead atoms. The van der Waals surface area contributed by atoms with E-state index in [1.54, 1.807) is 0 Å². The minimum atomic E-state index is -0.644. The molecule has 0 aromatic heterocycles. The minimum Gasteiger partial charge on any atom is -0.386 e. The lowest BCUT2D eigenvalue weighted by atomic mass is 9.40. The number of hydrogen-bond acceptors (Lipinski definition) is 2. The Morgan fingerprint density at radius 2 is 1.62 bits per heavy atom. The van der Waals surface area contributed by atoms with Crippen LogP contribution >= 0.6 is 0 Å². The fourth-order valence-electron chi connectivity index (χ4n) is 7.27. The van der Waals surface area contributed by atoms with Gasteiger partial charge in [0.25, 0.3) is 0 Å². The number of nitrogens with zero attached hydrogens (tertiary/aromatic N) is 1. The van der Waals surface area contributed by atoms with Crippen molar-refractivity contribution in [3.63, 3.8) is 0 Å². The summed E-state index contributed by atoms with van der Waals surface area (Å²) in [6, 6.07) is 0. The summed E-state index contributed by atoms with van der Waals surface area (Å²) in [6.07, 6.45) is 8.64. The number of β-amino-alcohol motifs (C(OH)–C–C–N with tert-alkyl or cyclic N) is 1. The molecule has 4 saturated carbocycles. The third-order valence-electron chi connectivity index (χ3n) is 6.68. The maximum Gasteiger partial charge on any atom is 0.223 e. The number of likely N-dealkylation sites (tertiary alicyclic amines) is 1. The fourth-order valence-corrected chi connectivity index (χ4v) is 7.27. The molecule has 2 atom stereocenters. The van der Waals surface area contributed by atoms with Gasteiger partial charge in [-0.1, -0.05) is 13.8 Å². The van der Waals surface area contributed by atoms with Crippen molar-refractivity contribution in [1.29, 1.82) is 0 Å². The van der Waals surface area contributed by atoms with E-state index >= 15 is 0 Å². The van der Waals surface area contributed by atoms with Crippen LogP contribution in [0.4, 0.5) is 0 Å². The van der Waals surface area contributed by atoms with Crippen LogP contribution in [-0.4, -0.2) is 34.6 Å². The van der Waals surface area contributed by atoms with Crippen molar-refractivity contribution in [2.75, 3.05) is 13.1 Å². The fraction of sp³-hybridized carbons (Fsp3) is 0.944. The summed E-state index contributed by atoms with van der Waals surface area (Å²) in [5.74, 6) is 1.14. The Hall–Kier alpha value is -0.570. The molecule has 1 saturated heterocycles. The first-order valence-electron chi connectivity index (χ1n) is 8.60. The Morgan fingerprint density at radius 1 is 1.05 bits per heavy atom. The smallest absolute Gasteiger partial charge is 0.223 e. The molecule has 5 aliphatic rings. The molecule has 2 unspecified atom stereocenters. The van der Waals surface area contributed by atoms with Crippen molar-refractivity contribution in [3.05, 3.63) is 0 Å². The van der Waals surface area contributed by atoms with E-state index in [9.17, 15) is 9.90 Å². The van der Waals surface area contributed by atoms with Crippen LogP contribution < -0.4 is 0 Å². The largest absolute Gasteiger partial charge is 0.386 e. The summed E-state index contributed by atoms with van der Waals surface area (Å²) >= 11 is 0. The molecule has 0 spiro atoms. The first-order chi connectivity index (χ1) is 9.60. The van der Waals surface area contributed by atoms with Crippen molar-refractivity contribution >= 4 is 5.91 Å². The molecular formula is C18H29NO2. The highest BCUT2D eigenvalue weighted by Crippen LogP contribution is 2.70. The second-order valence-electron chi connectivity index (χ2n) is 10.1. The van der Waals surface area contributed by atoms with Gasteiger partial charge >= 0.3 is 0 Å². The summed E-state index contributed by atoms with van der Waals surface area (Å²) in [6.45, 7) is 7.80. The van der Waals surface area contributed by atoms with Crippen LogP contribution in [0.3, 0.4) is 0 Å². The van der Waals surface area contributed by atoms with E-state index in [4.69, 9.17) is 0 Å². The predicted molar refractivity (Wildman–Crippen MR) is 81.7 cm³/mol. The standard InChI is InChI=1S/C18H29NO2/c1-15-4-13-5-16(2,8-15)10-18(6-13,9-15)7-14(20)19-11-17(3,21)12-19/h13,21H,4-12H2,1-3H3. The molecule has 3 nitrogen and oxygen atoms in total. The molecule has 5 fully saturated rings. The number of aliphatic hydroxyl groups is 1. The third-order valence-corrected chi connectivity index (χ3v) is 6.68. The van der Waals surface area contributed by atoms with Gasteiger partial charge in [0.1, 0.15) is 0 Å². The highest BCUT2D eigenvalue weighted by atomic mass is 16.3. The summed E-state index contributed by atoms with van der Waals surface area (Å²) in [7, 11) is 0. The van der Waals surface area contributed by atoms with E-state index < -0.39 is 5.60 Å². The van der Waals surface area contributed by atoms with Gasteiger partial charge in [-0.3, -0.25) is 4.79 Å². The summed E-state index contributed by atoms with van der Waals surface area (Å²) in [4.78, 5) is 14.5. The van der Waals surface area contributed by atoms with E-state index in [-0.39, 0.29) is 11.3 Å². The average Bonchev–Trinajstić information content (AvgIpc) is 2.19. The van der Waals surface area contributed by atoms with E-state index in [0.29, 0.717) is 23.9 Å². The Kier molecular flexibility index (Phi) is 2.57. The zero-order valence-electron chi connectivity index (χ0n) is 13.7. The molecule has 1 aliphatic heterocycles. The maximum absolute atomic E-state index is 12.6. The number of amides is 1. The van der Waals surface area contributed by atoms with Crippen LogP contribution in [0.5, 0.6) is 0 Å². The molecule has 3 heteroatoms. The van der Waals surface area contributed by atoms with Gasteiger partial charge in [-0.05, 0) is 67.6 Å². The van der Waals surface area contributed by atoms with Crippen LogP contribution in [0.2, 0.25) is 0 Å². The zero-order chi connectivity index (χ0) is 15.1. The minimum absolute atomic E-state index is 0.265. The first-order valence-corrected chi connectivity index (χ1v) is 8.60. The first kappa shape index (κ1) is 14.0. The van der Waals surface area contributed by atoms with E-state index in [1.165, 1.54) is 38.5 Å². The Balaban J connectivity index is 1.51. The van der Waals surface area contributed by atoms with Crippen molar-refractivity contribution in [2.45, 2.75) is 71.3 Å². The van der Waals surface area contributed by atoms with Crippen LogP contribution in [-0.2, 0) is 4.79 Å². The molecule has 0 radical (unpaired) electrons. The molecular weight excluding hydrogens is 262 g/mol. The number of carbonyl (C=O) groups excluding carboxylic acids is 1. The highest BCUT2D eigenvalue weighted by Gasteiger charge is 2.60. The highest BCUT2D eigenvalue weighted by molar-refractivity contribution is 5.78. The lowest BCUT2D eigenvalue weighted by Crippen LogP contribution is -2.63. The normalized spacial score (nSPS) is 50.1. The molecule has 1 heterocycles. The summed E-state index contributed by atoms with van der Waals surface area (Å²) < 4.78 is 0. The van der Waals surface area contributed by atoms with Gasteiger partial charge in [-0.15, -0.1) is 0 Å². The van der Waals surface area contributed by atoms with Crippen LogP contribution in [0, 0.1) is 22.2 Å². The quantitative estimate of drug-likeness (QED) is 0.849. The van der Waals surface area contributed by atoms with Crippen molar-refractivity contribution in [2.24, 2.45) is 22.2 Å². The summed E-state index contributed by atoms with van der Waals surface area (Å²) in [5.41, 5.74) is 0.584. The molecule has 0 aromatic carbocycles. The van der Waals surface area contributed by atoms with E-state index in [2.05, 4.69) is 13.8 Å². The lowest BCUT2D eigenvalue weighted by Gasteiger charge is -2.65.